The van der Waals surface area contributed by atoms with Crippen LogP contribution in [-0.2, 0) is 4.79 Å². The molecule has 88 valence electrons. The normalized spacial score (nSPS) is 12.2. The first-order valence-corrected chi connectivity index (χ1v) is 6.26. The molecule has 0 heterocycles. The van der Waals surface area contributed by atoms with Gasteiger partial charge in [-0.3, -0.25) is 4.79 Å². The first-order chi connectivity index (χ1) is 7.67. The van der Waals surface area contributed by atoms with Crippen LogP contribution in [0.5, 0.6) is 0 Å². The van der Waals surface area contributed by atoms with E-state index < -0.39 is 0 Å². The van der Waals surface area contributed by atoms with Crippen molar-refractivity contribution < 1.29 is 4.79 Å². The molecule has 0 fully saturated rings. The molecule has 1 rings (SSSR count). The fourth-order valence-corrected chi connectivity index (χ4v) is 2.01. The summed E-state index contributed by atoms with van der Waals surface area (Å²) in [5.74, 6) is 0.523. The Morgan fingerprint density at radius 3 is 2.44 bits per heavy atom. The van der Waals surface area contributed by atoms with Gasteiger partial charge >= 0.3 is 0 Å². The van der Waals surface area contributed by atoms with E-state index in [1.54, 1.807) is 18.8 Å². The molecule has 4 heteroatoms. The maximum absolute atomic E-state index is 11.1. The topological polar surface area (TPSA) is 41.1 Å². The van der Waals surface area contributed by atoms with Crippen LogP contribution >= 0.6 is 11.8 Å². The molecule has 0 saturated carbocycles. The van der Waals surface area contributed by atoms with Crippen molar-refractivity contribution in [1.29, 1.82) is 0 Å². The van der Waals surface area contributed by atoms with Crippen LogP contribution in [0.4, 0.5) is 0 Å². The van der Waals surface area contributed by atoms with Gasteiger partial charge in [-0.2, -0.15) is 0 Å². The smallest absolute Gasteiger partial charge is 0.230 e. The molecule has 0 aliphatic heterocycles. The number of hydrogen-bond acceptors (Lipinski definition) is 3. The second-order valence-corrected chi connectivity index (χ2v) is 4.59. The number of benzene rings is 1. The number of thioether (sulfide) groups is 1. The molecule has 0 aromatic heterocycles. The molecule has 0 aliphatic rings. The molecule has 1 atom stereocenters. The zero-order valence-electron chi connectivity index (χ0n) is 9.91. The van der Waals surface area contributed by atoms with Crippen molar-refractivity contribution in [3.05, 3.63) is 29.8 Å². The van der Waals surface area contributed by atoms with Crippen LogP contribution in [0.3, 0.4) is 0 Å². The average molecular weight is 238 g/mol. The van der Waals surface area contributed by atoms with Gasteiger partial charge in [0.1, 0.15) is 0 Å². The summed E-state index contributed by atoms with van der Waals surface area (Å²) >= 11 is 1.55. The molecule has 0 bridgehead atoms. The molecule has 1 unspecified atom stereocenters. The summed E-state index contributed by atoms with van der Waals surface area (Å²) in [4.78, 5) is 12.2. The van der Waals surface area contributed by atoms with Crippen LogP contribution in [0.1, 0.15) is 18.5 Å². The van der Waals surface area contributed by atoms with Crippen LogP contribution in [0, 0.1) is 0 Å². The van der Waals surface area contributed by atoms with E-state index >= 15 is 0 Å². The number of hydrogen-bond donors (Lipinski definition) is 2. The highest BCUT2D eigenvalue weighted by molar-refractivity contribution is 8.00. The van der Waals surface area contributed by atoms with E-state index in [1.165, 1.54) is 5.56 Å². The molecular weight excluding hydrogens is 220 g/mol. The Balaban J connectivity index is 2.54. The Morgan fingerprint density at radius 2 is 1.94 bits per heavy atom. The Bertz CT molecular complexity index is 337. The standard InChI is InChI=1S/C12H18N2OS/c1-9(13-2)10-4-6-11(7-5-10)16-8-12(15)14-3/h4-7,9,13H,8H2,1-3H3,(H,14,15). The van der Waals surface area contributed by atoms with E-state index in [0.29, 0.717) is 11.8 Å². The van der Waals surface area contributed by atoms with Crippen LogP contribution in [0.25, 0.3) is 0 Å². The first kappa shape index (κ1) is 13.1. The van der Waals surface area contributed by atoms with E-state index in [9.17, 15) is 4.79 Å². The third-order valence-corrected chi connectivity index (χ3v) is 3.47. The van der Waals surface area contributed by atoms with Crippen molar-refractivity contribution in [3.8, 4) is 0 Å². The van der Waals surface area contributed by atoms with Crippen molar-refractivity contribution in [3.63, 3.8) is 0 Å². The van der Waals surface area contributed by atoms with Crippen LogP contribution in [0.15, 0.2) is 29.2 Å². The molecule has 1 aromatic carbocycles. The second kappa shape index (κ2) is 6.55. The summed E-state index contributed by atoms with van der Waals surface area (Å²) in [6.07, 6.45) is 0. The number of carbonyl (C=O) groups is 1. The third kappa shape index (κ3) is 3.87. The minimum Gasteiger partial charge on any atom is -0.358 e. The van der Waals surface area contributed by atoms with Gasteiger partial charge in [0.25, 0.3) is 0 Å². The van der Waals surface area contributed by atoms with Gasteiger partial charge < -0.3 is 10.6 Å². The lowest BCUT2D eigenvalue weighted by atomic mass is 10.1. The van der Waals surface area contributed by atoms with Gasteiger partial charge in [0.15, 0.2) is 0 Å². The zero-order valence-corrected chi connectivity index (χ0v) is 10.7. The van der Waals surface area contributed by atoms with Gasteiger partial charge in [-0.1, -0.05) is 12.1 Å². The second-order valence-electron chi connectivity index (χ2n) is 3.54. The fraction of sp³-hybridized carbons (Fsp3) is 0.417. The zero-order chi connectivity index (χ0) is 12.0. The molecule has 0 radical (unpaired) electrons. The van der Waals surface area contributed by atoms with Gasteiger partial charge in [-0.05, 0) is 31.7 Å². The number of carbonyl (C=O) groups excluding carboxylic acids is 1. The van der Waals surface area contributed by atoms with Crippen molar-refractivity contribution in [2.45, 2.75) is 17.9 Å². The molecule has 3 nitrogen and oxygen atoms in total. The largest absolute Gasteiger partial charge is 0.358 e. The monoisotopic (exact) mass is 238 g/mol. The van der Waals surface area contributed by atoms with Crippen LogP contribution < -0.4 is 10.6 Å². The highest BCUT2D eigenvalue weighted by atomic mass is 32.2. The maximum Gasteiger partial charge on any atom is 0.230 e. The van der Waals surface area contributed by atoms with Crippen molar-refractivity contribution in [2.75, 3.05) is 19.8 Å². The molecule has 2 N–H and O–H groups in total. The van der Waals surface area contributed by atoms with Gasteiger partial charge in [-0.25, -0.2) is 0 Å². The number of nitrogens with one attached hydrogen (secondary N) is 2. The SMILES string of the molecule is CNC(=O)CSc1ccc(C(C)NC)cc1. The van der Waals surface area contributed by atoms with Crippen LogP contribution in [0.2, 0.25) is 0 Å². The fourth-order valence-electron chi connectivity index (χ4n) is 1.24. The molecule has 0 spiro atoms. The third-order valence-electron chi connectivity index (χ3n) is 2.46. The van der Waals surface area contributed by atoms with Crippen molar-refractivity contribution >= 4 is 17.7 Å². The van der Waals surface area contributed by atoms with Gasteiger partial charge in [0.2, 0.25) is 5.91 Å². The van der Waals surface area contributed by atoms with E-state index in [0.717, 1.165) is 4.90 Å². The summed E-state index contributed by atoms with van der Waals surface area (Å²) in [6.45, 7) is 2.12. The molecule has 0 aliphatic carbocycles. The van der Waals surface area contributed by atoms with E-state index in [-0.39, 0.29) is 5.91 Å². The highest BCUT2D eigenvalue weighted by Gasteiger charge is 2.03. The summed E-state index contributed by atoms with van der Waals surface area (Å²) in [6, 6.07) is 8.65. The quantitative estimate of drug-likeness (QED) is 0.769. The predicted octanol–water partition coefficient (Wildman–Crippen LogP) is 1.81. The number of amides is 1. The first-order valence-electron chi connectivity index (χ1n) is 5.28. The summed E-state index contributed by atoms with van der Waals surface area (Å²) in [5, 5.41) is 5.79. The van der Waals surface area contributed by atoms with E-state index in [4.69, 9.17) is 0 Å². The predicted molar refractivity (Wildman–Crippen MR) is 68.7 cm³/mol. The molecule has 16 heavy (non-hydrogen) atoms. The van der Waals surface area contributed by atoms with Crippen molar-refractivity contribution in [2.24, 2.45) is 0 Å². The Kier molecular flexibility index (Phi) is 5.35. The molecule has 1 amide bonds. The van der Waals surface area contributed by atoms with Crippen molar-refractivity contribution in [1.82, 2.24) is 10.6 Å². The summed E-state index contributed by atoms with van der Waals surface area (Å²) in [5.41, 5.74) is 1.26. The Labute approximate surface area is 101 Å². The number of rotatable bonds is 5. The van der Waals surface area contributed by atoms with Gasteiger partial charge in [-0.15, -0.1) is 11.8 Å². The maximum atomic E-state index is 11.1. The molecular formula is C12H18N2OS. The summed E-state index contributed by atoms with van der Waals surface area (Å²) < 4.78 is 0. The minimum absolute atomic E-state index is 0.0534. The van der Waals surface area contributed by atoms with Gasteiger partial charge in [0, 0.05) is 18.0 Å². The average Bonchev–Trinajstić information content (AvgIpc) is 2.35. The lowest BCUT2D eigenvalue weighted by Crippen LogP contribution is -2.19. The van der Waals surface area contributed by atoms with Gasteiger partial charge in [0.05, 0.1) is 5.75 Å². The molecule has 0 saturated heterocycles. The molecule has 1 aromatic rings. The Hall–Kier alpha value is -1.00. The van der Waals surface area contributed by atoms with E-state index in [2.05, 4.69) is 41.8 Å². The highest BCUT2D eigenvalue weighted by Crippen LogP contribution is 2.20. The minimum atomic E-state index is 0.0534. The summed E-state index contributed by atoms with van der Waals surface area (Å²) in [7, 11) is 3.60. The van der Waals surface area contributed by atoms with E-state index in [1.807, 2.05) is 7.05 Å². The lowest BCUT2D eigenvalue weighted by Gasteiger charge is -2.10. The Morgan fingerprint density at radius 1 is 1.31 bits per heavy atom. The van der Waals surface area contributed by atoms with Crippen LogP contribution in [-0.4, -0.2) is 25.8 Å². The lowest BCUT2D eigenvalue weighted by molar-refractivity contribution is -0.118.